The lowest BCUT2D eigenvalue weighted by atomic mass is 10.1. The Morgan fingerprint density at radius 2 is 1.44 bits per heavy atom. The van der Waals surface area contributed by atoms with Gasteiger partial charge in [-0.3, -0.25) is 4.55 Å². The SMILES string of the molecule is O=S(=O)(O)c1cc(Cl)ccc1-c1ccc(Cl)cc1. The number of halogens is 2. The summed E-state index contributed by atoms with van der Waals surface area (Å²) in [6.07, 6.45) is 0. The molecule has 0 aliphatic carbocycles. The normalized spacial score (nSPS) is 11.5. The van der Waals surface area contributed by atoms with Crippen LogP contribution in [0.25, 0.3) is 11.1 Å². The van der Waals surface area contributed by atoms with Crippen LogP contribution in [0.15, 0.2) is 47.4 Å². The van der Waals surface area contributed by atoms with Crippen LogP contribution in [0.4, 0.5) is 0 Å². The Morgan fingerprint density at radius 3 is 2.00 bits per heavy atom. The minimum atomic E-state index is -4.33. The Balaban J connectivity index is 2.68. The third-order valence-corrected chi connectivity index (χ3v) is 3.76. The van der Waals surface area contributed by atoms with Crippen molar-refractivity contribution in [1.82, 2.24) is 0 Å². The molecule has 0 fully saturated rings. The van der Waals surface area contributed by atoms with Gasteiger partial charge in [0.15, 0.2) is 0 Å². The van der Waals surface area contributed by atoms with E-state index >= 15 is 0 Å². The molecule has 94 valence electrons. The van der Waals surface area contributed by atoms with Gasteiger partial charge in [-0.15, -0.1) is 0 Å². The fourth-order valence-corrected chi connectivity index (χ4v) is 2.68. The lowest BCUT2D eigenvalue weighted by Crippen LogP contribution is -2.00. The van der Waals surface area contributed by atoms with Crippen LogP contribution in [0, 0.1) is 0 Å². The molecule has 0 aliphatic heterocycles. The highest BCUT2D eigenvalue weighted by molar-refractivity contribution is 7.86. The second kappa shape index (κ2) is 4.90. The molecule has 0 radical (unpaired) electrons. The largest absolute Gasteiger partial charge is 0.295 e. The summed E-state index contributed by atoms with van der Waals surface area (Å²) in [7, 11) is -4.33. The molecule has 2 rings (SSSR count). The van der Waals surface area contributed by atoms with Crippen molar-refractivity contribution in [3.05, 3.63) is 52.5 Å². The summed E-state index contributed by atoms with van der Waals surface area (Å²) in [5.74, 6) is 0. The van der Waals surface area contributed by atoms with E-state index in [4.69, 9.17) is 23.2 Å². The summed E-state index contributed by atoms with van der Waals surface area (Å²) in [5, 5.41) is 0.779. The van der Waals surface area contributed by atoms with Crippen molar-refractivity contribution in [3.63, 3.8) is 0 Å². The monoisotopic (exact) mass is 302 g/mol. The van der Waals surface area contributed by atoms with E-state index in [1.165, 1.54) is 12.1 Å². The molecule has 0 saturated carbocycles. The molecule has 18 heavy (non-hydrogen) atoms. The third kappa shape index (κ3) is 2.84. The Morgan fingerprint density at radius 1 is 0.889 bits per heavy atom. The topological polar surface area (TPSA) is 54.4 Å². The highest BCUT2D eigenvalue weighted by Gasteiger charge is 2.17. The number of benzene rings is 2. The summed E-state index contributed by atoms with van der Waals surface area (Å²) in [4.78, 5) is -0.225. The molecule has 0 heterocycles. The van der Waals surface area contributed by atoms with Crippen molar-refractivity contribution >= 4 is 33.3 Å². The smallest absolute Gasteiger partial charge is 0.282 e. The molecule has 6 heteroatoms. The van der Waals surface area contributed by atoms with E-state index < -0.39 is 10.1 Å². The second-order valence-electron chi connectivity index (χ2n) is 3.62. The molecule has 3 nitrogen and oxygen atoms in total. The number of hydrogen-bond acceptors (Lipinski definition) is 2. The van der Waals surface area contributed by atoms with Gasteiger partial charge >= 0.3 is 0 Å². The van der Waals surface area contributed by atoms with Crippen molar-refractivity contribution in [2.75, 3.05) is 0 Å². The highest BCUT2D eigenvalue weighted by atomic mass is 35.5. The van der Waals surface area contributed by atoms with Crippen LogP contribution in [0.3, 0.4) is 0 Å². The Bertz CT molecular complexity index is 679. The van der Waals surface area contributed by atoms with E-state index in [1.807, 2.05) is 0 Å². The van der Waals surface area contributed by atoms with Crippen LogP contribution < -0.4 is 0 Å². The van der Waals surface area contributed by atoms with Crippen molar-refractivity contribution in [1.29, 1.82) is 0 Å². The van der Waals surface area contributed by atoms with Crippen LogP contribution in [0.5, 0.6) is 0 Å². The second-order valence-corrected chi connectivity index (χ2v) is 5.89. The summed E-state index contributed by atoms with van der Waals surface area (Å²) in [6.45, 7) is 0. The molecule has 0 bridgehead atoms. The fraction of sp³-hybridized carbons (Fsp3) is 0. The van der Waals surface area contributed by atoms with E-state index in [2.05, 4.69) is 0 Å². The molecular formula is C12H8Cl2O3S. The Hall–Kier alpha value is -1.07. The summed E-state index contributed by atoms with van der Waals surface area (Å²) >= 11 is 11.5. The highest BCUT2D eigenvalue weighted by Crippen LogP contribution is 2.30. The minimum Gasteiger partial charge on any atom is -0.282 e. The molecule has 0 aliphatic rings. The van der Waals surface area contributed by atoms with Gasteiger partial charge in [0.25, 0.3) is 10.1 Å². The molecule has 2 aromatic rings. The summed E-state index contributed by atoms with van der Waals surface area (Å²) in [5.41, 5.74) is 1.00. The molecule has 1 N–H and O–H groups in total. The van der Waals surface area contributed by atoms with Gasteiger partial charge in [-0.25, -0.2) is 0 Å². The molecule has 0 saturated heterocycles. The fourth-order valence-electron chi connectivity index (χ4n) is 1.58. The van der Waals surface area contributed by atoms with E-state index in [0.29, 0.717) is 16.1 Å². The summed E-state index contributed by atoms with van der Waals surface area (Å²) in [6, 6.07) is 10.9. The van der Waals surface area contributed by atoms with E-state index in [-0.39, 0.29) is 9.92 Å². The van der Waals surface area contributed by atoms with E-state index in [0.717, 1.165) is 0 Å². The Labute approximate surface area is 115 Å². The van der Waals surface area contributed by atoms with Gasteiger partial charge in [0.2, 0.25) is 0 Å². The first kappa shape index (κ1) is 13.4. The lowest BCUT2D eigenvalue weighted by molar-refractivity contribution is 0.483. The van der Waals surface area contributed by atoms with Crippen LogP contribution in [0.2, 0.25) is 10.0 Å². The zero-order chi connectivity index (χ0) is 13.3. The van der Waals surface area contributed by atoms with Gasteiger partial charge in [0.1, 0.15) is 4.90 Å². The van der Waals surface area contributed by atoms with Crippen molar-refractivity contribution in [2.45, 2.75) is 4.90 Å². The average Bonchev–Trinajstić information content (AvgIpc) is 2.29. The van der Waals surface area contributed by atoms with Gasteiger partial charge in [0, 0.05) is 15.6 Å². The maximum atomic E-state index is 11.3. The molecule has 0 atom stereocenters. The molecular weight excluding hydrogens is 295 g/mol. The van der Waals surface area contributed by atoms with E-state index in [9.17, 15) is 13.0 Å². The van der Waals surface area contributed by atoms with Crippen molar-refractivity contribution < 1.29 is 13.0 Å². The van der Waals surface area contributed by atoms with Gasteiger partial charge < -0.3 is 0 Å². The van der Waals surface area contributed by atoms with Crippen molar-refractivity contribution in [3.8, 4) is 11.1 Å². The Kier molecular flexibility index (Phi) is 3.64. The van der Waals surface area contributed by atoms with Crippen LogP contribution >= 0.6 is 23.2 Å². The molecule has 0 aromatic heterocycles. The van der Waals surface area contributed by atoms with Gasteiger partial charge in [-0.2, -0.15) is 8.42 Å². The predicted molar refractivity (Wildman–Crippen MR) is 71.7 cm³/mol. The van der Waals surface area contributed by atoms with Crippen LogP contribution in [0.1, 0.15) is 0 Å². The third-order valence-electron chi connectivity index (χ3n) is 2.38. The molecule has 0 amide bonds. The van der Waals surface area contributed by atoms with Crippen LogP contribution in [-0.2, 0) is 10.1 Å². The van der Waals surface area contributed by atoms with Gasteiger partial charge in [-0.05, 0) is 29.8 Å². The predicted octanol–water partition coefficient (Wildman–Crippen LogP) is 3.91. The lowest BCUT2D eigenvalue weighted by Gasteiger charge is -2.08. The van der Waals surface area contributed by atoms with Gasteiger partial charge in [0.05, 0.1) is 0 Å². The summed E-state index contributed by atoms with van der Waals surface area (Å²) < 4.78 is 31.8. The first-order valence-electron chi connectivity index (χ1n) is 4.91. The van der Waals surface area contributed by atoms with Gasteiger partial charge in [-0.1, -0.05) is 41.4 Å². The first-order chi connectivity index (χ1) is 8.38. The molecule has 0 unspecified atom stereocenters. The zero-order valence-corrected chi connectivity index (χ0v) is 11.3. The molecule has 2 aromatic carbocycles. The van der Waals surface area contributed by atoms with E-state index in [1.54, 1.807) is 30.3 Å². The van der Waals surface area contributed by atoms with Crippen LogP contribution in [-0.4, -0.2) is 13.0 Å². The maximum absolute atomic E-state index is 11.3. The standard InChI is InChI=1S/C12H8Cl2O3S/c13-9-3-1-8(2-4-9)11-6-5-10(14)7-12(11)18(15,16)17/h1-7H,(H,15,16,17). The number of hydrogen-bond donors (Lipinski definition) is 1. The average molecular weight is 303 g/mol. The number of rotatable bonds is 2. The quantitative estimate of drug-likeness (QED) is 0.856. The first-order valence-corrected chi connectivity index (χ1v) is 7.10. The maximum Gasteiger partial charge on any atom is 0.295 e. The molecule has 0 spiro atoms. The minimum absolute atomic E-state index is 0.225. The zero-order valence-electron chi connectivity index (χ0n) is 8.97. The van der Waals surface area contributed by atoms with Crippen molar-refractivity contribution in [2.24, 2.45) is 0 Å².